The second-order valence-corrected chi connectivity index (χ2v) is 9.18. The number of nitrogens with two attached hydrogens (primary N) is 2. The largest absolute Gasteiger partial charge is 0.486 e. The van der Waals surface area contributed by atoms with Crippen LogP contribution in [0.25, 0.3) is 0 Å². The average molecular weight is 506 g/mol. The zero-order valence-electron chi connectivity index (χ0n) is 22.3. The lowest BCUT2D eigenvalue weighted by Crippen LogP contribution is -2.49. The highest BCUT2D eigenvalue weighted by atomic mass is 16.5. The zero-order valence-corrected chi connectivity index (χ0v) is 22.3. The van der Waals surface area contributed by atoms with Crippen LogP contribution in [0.4, 0.5) is 0 Å². The summed E-state index contributed by atoms with van der Waals surface area (Å²) in [6, 6.07) is 8.25. The fourth-order valence-corrected chi connectivity index (χ4v) is 4.49. The Hall–Kier alpha value is -3.81. The molecule has 0 radical (unpaired) electrons. The Bertz CT molecular complexity index is 1080. The van der Waals surface area contributed by atoms with Crippen molar-refractivity contribution in [2.45, 2.75) is 39.7 Å². The van der Waals surface area contributed by atoms with E-state index in [9.17, 15) is 4.79 Å². The molecule has 2 aliphatic rings. The monoisotopic (exact) mass is 505 g/mol. The number of nitrogens with one attached hydrogen (secondary N) is 1. The number of hydrogen-bond donors (Lipinski definition) is 3. The van der Waals surface area contributed by atoms with E-state index in [2.05, 4.69) is 51.3 Å². The van der Waals surface area contributed by atoms with Gasteiger partial charge in [0.25, 0.3) is 5.91 Å². The third-order valence-electron chi connectivity index (χ3n) is 6.54. The minimum Gasteiger partial charge on any atom is -0.486 e. The van der Waals surface area contributed by atoms with Crippen molar-refractivity contribution in [2.75, 3.05) is 39.3 Å². The van der Waals surface area contributed by atoms with Gasteiger partial charge in [0, 0.05) is 45.3 Å². The van der Waals surface area contributed by atoms with Crippen molar-refractivity contribution >= 4 is 17.8 Å². The van der Waals surface area contributed by atoms with Crippen LogP contribution < -0.4 is 16.5 Å². The molecule has 1 amide bonds. The summed E-state index contributed by atoms with van der Waals surface area (Å²) in [7, 11) is 0. The number of piperazine rings is 1. The van der Waals surface area contributed by atoms with Crippen molar-refractivity contribution in [3.8, 4) is 0 Å². The molecule has 1 heterocycles. The normalized spacial score (nSPS) is 18.9. The Morgan fingerprint density at radius 1 is 1.19 bits per heavy atom. The van der Waals surface area contributed by atoms with Crippen LogP contribution in [0.3, 0.4) is 0 Å². The van der Waals surface area contributed by atoms with Gasteiger partial charge in [-0.3, -0.25) is 15.2 Å². The molecule has 0 bridgehead atoms. The first-order valence-corrected chi connectivity index (χ1v) is 13.0. The number of nitrogens with zero attached hydrogens (tertiary/aromatic N) is 3. The van der Waals surface area contributed by atoms with E-state index >= 15 is 0 Å². The van der Waals surface area contributed by atoms with Gasteiger partial charge in [-0.2, -0.15) is 0 Å². The maximum atomic E-state index is 13.4. The third kappa shape index (κ3) is 7.84. The first kappa shape index (κ1) is 27.8. The molecular formula is C29H41N6O2+. The smallest absolute Gasteiger partial charge is 0.289 e. The van der Waals surface area contributed by atoms with E-state index in [4.69, 9.17) is 15.9 Å². The van der Waals surface area contributed by atoms with Crippen molar-refractivity contribution in [3.05, 3.63) is 83.0 Å². The molecule has 1 atom stereocenters. The van der Waals surface area contributed by atoms with Crippen molar-refractivity contribution in [3.63, 3.8) is 0 Å². The predicted molar refractivity (Wildman–Crippen MR) is 150 cm³/mol. The summed E-state index contributed by atoms with van der Waals surface area (Å²) >= 11 is 0. The van der Waals surface area contributed by atoms with Crippen LogP contribution in [0.1, 0.15) is 31.4 Å². The van der Waals surface area contributed by atoms with Gasteiger partial charge in [0.2, 0.25) is 5.76 Å². The molecule has 1 aromatic rings. The average Bonchev–Trinajstić information content (AvgIpc) is 2.91. The van der Waals surface area contributed by atoms with Gasteiger partial charge in [-0.1, -0.05) is 54.1 Å². The van der Waals surface area contributed by atoms with Gasteiger partial charge in [-0.25, -0.2) is 0 Å². The van der Waals surface area contributed by atoms with Crippen LogP contribution in [-0.2, 0) is 16.0 Å². The molecule has 1 aliphatic carbocycles. The van der Waals surface area contributed by atoms with E-state index in [1.165, 1.54) is 11.8 Å². The van der Waals surface area contributed by atoms with E-state index in [0.29, 0.717) is 38.4 Å². The summed E-state index contributed by atoms with van der Waals surface area (Å²) in [5, 5.41) is 9.19. The lowest BCUT2D eigenvalue weighted by atomic mass is 10.1. The van der Waals surface area contributed by atoms with Gasteiger partial charge < -0.3 is 25.6 Å². The maximum absolute atomic E-state index is 13.4. The Morgan fingerprint density at radius 2 is 1.89 bits per heavy atom. The fraction of sp³-hybridized carbons (Fsp3) is 0.414. The molecule has 1 fully saturated rings. The van der Waals surface area contributed by atoms with E-state index in [1.807, 2.05) is 38.2 Å². The molecule has 3 rings (SSSR count). The minimum absolute atomic E-state index is 0.0813. The van der Waals surface area contributed by atoms with E-state index < -0.39 is 0 Å². The Kier molecular flexibility index (Phi) is 10.6. The van der Waals surface area contributed by atoms with Gasteiger partial charge in [-0.05, 0) is 32.8 Å². The van der Waals surface area contributed by atoms with E-state index in [0.717, 1.165) is 36.5 Å². The van der Waals surface area contributed by atoms with Gasteiger partial charge in [0.15, 0.2) is 6.21 Å². The first-order chi connectivity index (χ1) is 18.0. The maximum Gasteiger partial charge on any atom is 0.289 e. The summed E-state index contributed by atoms with van der Waals surface area (Å²) in [6.07, 6.45) is 12.5. The molecule has 1 unspecified atom stereocenters. The van der Waals surface area contributed by atoms with Crippen LogP contribution >= 0.6 is 0 Å². The highest BCUT2D eigenvalue weighted by Gasteiger charge is 2.28. The third-order valence-corrected chi connectivity index (χ3v) is 6.54. The molecule has 0 aromatic heterocycles. The molecule has 8 heteroatoms. The molecular weight excluding hydrogens is 464 g/mol. The number of ether oxygens (including phenoxy) is 1. The van der Waals surface area contributed by atoms with Crippen LogP contribution in [0, 0.1) is 6.92 Å². The van der Waals surface area contributed by atoms with Crippen LogP contribution in [0.15, 0.2) is 76.9 Å². The molecule has 0 spiro atoms. The predicted octanol–water partition coefficient (Wildman–Crippen LogP) is 1.50. The number of amides is 1. The summed E-state index contributed by atoms with van der Waals surface area (Å²) in [5.41, 5.74) is 10.8. The van der Waals surface area contributed by atoms with Crippen molar-refractivity contribution < 1.29 is 14.9 Å². The summed E-state index contributed by atoms with van der Waals surface area (Å²) in [4.78, 5) is 22.2. The van der Waals surface area contributed by atoms with Crippen LogP contribution in [-0.4, -0.2) is 73.0 Å². The highest BCUT2D eigenvalue weighted by molar-refractivity contribution is 5.98. The Labute approximate surface area is 220 Å². The number of hydrogen-bond acceptors (Lipinski definition) is 6. The van der Waals surface area contributed by atoms with Crippen molar-refractivity contribution in [1.29, 1.82) is 0 Å². The second-order valence-electron chi connectivity index (χ2n) is 9.18. The topological polar surface area (TPSA) is 109 Å². The minimum atomic E-state index is -0.263. The van der Waals surface area contributed by atoms with Crippen molar-refractivity contribution in [1.82, 2.24) is 15.1 Å². The Balaban J connectivity index is 1.76. The second kappa shape index (κ2) is 14.1. The standard InChI is InChI=1S/C29H40N6O2/c1-4-32-23(3)26(20-30)34-15-17-35(18-16-34)27(21-31)28(29(36)33-25-8-6-5-7-9-25)37-19-14-24-12-10-22(2)11-13-24/h5-8,10-13,20-21,25,31H,4,9,14-19,30H2,1-3H3,(H,33,36)/p+1/b26-20+,28-27-,31-21?,32-23?. The number of carbonyl (C=O) groups is 1. The lowest BCUT2D eigenvalue weighted by molar-refractivity contribution is -0.122. The SMILES string of the molecule is CCN=C(C)/C(=C\N)N1CCN(/C(C=[NH2+])=C(\OCCc2ccc(C)cc2)C(=O)NC2C=CC=CC2)CC1. The number of aryl methyl sites for hydroxylation is 1. The van der Waals surface area contributed by atoms with Crippen molar-refractivity contribution in [2.24, 2.45) is 10.7 Å². The van der Waals surface area contributed by atoms with Crippen LogP contribution in [0.5, 0.6) is 0 Å². The van der Waals surface area contributed by atoms with Gasteiger partial charge >= 0.3 is 0 Å². The summed E-state index contributed by atoms with van der Waals surface area (Å²) in [6.45, 7) is 9.93. The van der Waals surface area contributed by atoms with Gasteiger partial charge in [0.1, 0.15) is 5.70 Å². The molecule has 8 nitrogen and oxygen atoms in total. The highest BCUT2D eigenvalue weighted by Crippen LogP contribution is 2.18. The zero-order chi connectivity index (χ0) is 26.6. The number of benzene rings is 1. The number of aliphatic imine (C=N–C) groups is 1. The van der Waals surface area contributed by atoms with E-state index in [1.54, 1.807) is 6.20 Å². The number of carbonyl (C=O) groups excluding carboxylic acids is 1. The fourth-order valence-electron chi connectivity index (χ4n) is 4.49. The summed E-state index contributed by atoms with van der Waals surface area (Å²) < 4.78 is 6.16. The van der Waals surface area contributed by atoms with Crippen LogP contribution in [0.2, 0.25) is 0 Å². The molecule has 0 saturated carbocycles. The Morgan fingerprint density at radius 3 is 2.49 bits per heavy atom. The molecule has 1 aromatic carbocycles. The first-order valence-electron chi connectivity index (χ1n) is 13.0. The van der Waals surface area contributed by atoms with E-state index in [-0.39, 0.29) is 17.7 Å². The quantitative estimate of drug-likeness (QED) is 0.240. The molecule has 198 valence electrons. The lowest BCUT2D eigenvalue weighted by Gasteiger charge is -2.38. The number of allylic oxidation sites excluding steroid dienone is 4. The summed E-state index contributed by atoms with van der Waals surface area (Å²) in [5.74, 6) is -0.00853. The van der Waals surface area contributed by atoms with Gasteiger partial charge in [-0.15, -0.1) is 0 Å². The number of rotatable bonds is 11. The molecule has 37 heavy (non-hydrogen) atoms. The molecule has 5 N–H and O–H groups in total. The molecule has 1 saturated heterocycles. The van der Waals surface area contributed by atoms with Gasteiger partial charge in [0.05, 0.1) is 24.1 Å². The molecule has 1 aliphatic heterocycles.